The van der Waals surface area contributed by atoms with Crippen LogP contribution in [-0.4, -0.2) is 9.97 Å². The zero-order chi connectivity index (χ0) is 48.8. The number of pyridine rings is 2. The molecule has 0 bridgehead atoms. The number of rotatable bonds is 6. The van der Waals surface area contributed by atoms with Gasteiger partial charge in [-0.25, -0.2) is 9.97 Å². The van der Waals surface area contributed by atoms with Crippen LogP contribution in [0.3, 0.4) is 0 Å². The molecule has 71 heavy (non-hydrogen) atoms. The highest BCUT2D eigenvalue weighted by Crippen LogP contribution is 2.56. The Morgan fingerprint density at radius 2 is 0.577 bits per heavy atom. The molecule has 0 fully saturated rings. The Kier molecular flexibility index (Phi) is 11.8. The standard InChI is InChI=1S/C63H44N4.2C2H6/c1-39-28-29-54-55(34-39)61(67(63-53-27-15-5-17-43(53)31-33-65-63)59-50-24-12-8-20-46(50)38-47-21-9-13-25-51(47)59)57-36-41(3)40(2)35-56(57)60(54)66(62-52-26-14-4-16-42(52)30-32-64-62)58-48-22-10-6-18-44(48)37-45-19-7-11-23-49(45)58;2*1-2/h4-38H,1-3H3;2*1-2H3. The second kappa shape index (κ2) is 18.7. The monoisotopic (exact) mass is 916 g/mol. The van der Waals surface area contributed by atoms with Gasteiger partial charge >= 0.3 is 0 Å². The Hall–Kier alpha value is -8.60. The summed E-state index contributed by atoms with van der Waals surface area (Å²) in [6, 6.07) is 73.3. The molecule has 2 aromatic heterocycles. The van der Waals surface area contributed by atoms with Crippen LogP contribution >= 0.6 is 0 Å². The molecule has 0 aliphatic carbocycles. The van der Waals surface area contributed by atoms with Crippen molar-refractivity contribution in [1.29, 1.82) is 0 Å². The highest BCUT2D eigenvalue weighted by molar-refractivity contribution is 6.29. The fourth-order valence-corrected chi connectivity index (χ4v) is 10.7. The highest BCUT2D eigenvalue weighted by Gasteiger charge is 2.31. The van der Waals surface area contributed by atoms with Crippen molar-refractivity contribution >= 4 is 121 Å². The van der Waals surface area contributed by atoms with E-state index in [0.717, 1.165) is 99.0 Å². The molecule has 0 spiro atoms. The van der Waals surface area contributed by atoms with Gasteiger partial charge < -0.3 is 0 Å². The van der Waals surface area contributed by atoms with E-state index >= 15 is 0 Å². The first kappa shape index (κ1) is 44.9. The summed E-state index contributed by atoms with van der Waals surface area (Å²) >= 11 is 0. The number of aromatic nitrogens is 2. The van der Waals surface area contributed by atoms with Crippen LogP contribution in [0.4, 0.5) is 34.4 Å². The second-order valence-electron chi connectivity index (χ2n) is 17.9. The SMILES string of the molecule is CC.CC.Cc1ccc2c(N(c3nccc4ccccc34)c3c4ccccc4cc4ccccc34)c3cc(C)c(C)cc3c(N(c3nccc4ccccc34)c3c4ccccc4cc4ccccc34)c2c1. The number of hydrogen-bond donors (Lipinski definition) is 0. The molecule has 0 saturated carbocycles. The molecule has 11 aromatic carbocycles. The highest BCUT2D eigenvalue weighted by atomic mass is 15.2. The molecule has 0 unspecified atom stereocenters. The fourth-order valence-electron chi connectivity index (χ4n) is 10.7. The maximum atomic E-state index is 5.41. The third kappa shape index (κ3) is 7.46. The summed E-state index contributed by atoms with van der Waals surface area (Å²) in [5.41, 5.74) is 7.95. The number of aryl methyl sites for hydroxylation is 3. The van der Waals surface area contributed by atoms with Crippen LogP contribution in [0.2, 0.25) is 0 Å². The van der Waals surface area contributed by atoms with E-state index < -0.39 is 0 Å². The minimum Gasteiger partial charge on any atom is -0.292 e. The normalized spacial score (nSPS) is 11.3. The molecular formula is C67H56N4. The summed E-state index contributed by atoms with van der Waals surface area (Å²) in [7, 11) is 0. The summed E-state index contributed by atoms with van der Waals surface area (Å²) < 4.78 is 0. The van der Waals surface area contributed by atoms with Crippen molar-refractivity contribution in [3.63, 3.8) is 0 Å². The number of hydrogen-bond acceptors (Lipinski definition) is 4. The lowest BCUT2D eigenvalue weighted by Crippen LogP contribution is -2.17. The maximum Gasteiger partial charge on any atom is 0.145 e. The van der Waals surface area contributed by atoms with Gasteiger partial charge in [0, 0.05) is 66.3 Å². The lowest BCUT2D eigenvalue weighted by Gasteiger charge is -2.34. The molecule has 0 aliphatic rings. The van der Waals surface area contributed by atoms with Gasteiger partial charge in [0.05, 0.1) is 22.7 Å². The summed E-state index contributed by atoms with van der Waals surface area (Å²) in [6.07, 6.45) is 3.94. The van der Waals surface area contributed by atoms with Crippen molar-refractivity contribution in [2.75, 3.05) is 9.80 Å². The lowest BCUT2D eigenvalue weighted by atomic mass is 9.90. The number of nitrogens with zero attached hydrogens (tertiary/aromatic N) is 4. The molecule has 0 atom stereocenters. The van der Waals surface area contributed by atoms with Crippen LogP contribution in [0.1, 0.15) is 44.4 Å². The van der Waals surface area contributed by atoms with E-state index in [4.69, 9.17) is 9.97 Å². The van der Waals surface area contributed by atoms with E-state index in [0.29, 0.717) is 0 Å². The largest absolute Gasteiger partial charge is 0.292 e. The topological polar surface area (TPSA) is 32.3 Å². The number of fused-ring (bicyclic) bond motifs is 8. The van der Waals surface area contributed by atoms with Crippen LogP contribution in [-0.2, 0) is 0 Å². The zero-order valence-electron chi connectivity index (χ0n) is 41.5. The number of anilines is 6. The van der Waals surface area contributed by atoms with E-state index in [2.05, 4.69) is 231 Å². The predicted octanol–water partition coefficient (Wildman–Crippen LogP) is 19.6. The van der Waals surface area contributed by atoms with Gasteiger partial charge in [-0.05, 0) is 107 Å². The van der Waals surface area contributed by atoms with E-state index in [-0.39, 0.29) is 0 Å². The number of benzene rings is 11. The summed E-state index contributed by atoms with van der Waals surface area (Å²) in [4.78, 5) is 15.8. The van der Waals surface area contributed by atoms with E-state index in [1.165, 1.54) is 38.2 Å². The van der Waals surface area contributed by atoms with Crippen molar-refractivity contribution in [1.82, 2.24) is 9.97 Å². The Balaban J connectivity index is 0.00000134. The molecule has 0 radical (unpaired) electrons. The first-order chi connectivity index (χ1) is 35.0. The summed E-state index contributed by atoms with van der Waals surface area (Å²) in [6.45, 7) is 14.7. The van der Waals surface area contributed by atoms with Gasteiger partial charge in [-0.3, -0.25) is 9.80 Å². The fraction of sp³-hybridized carbons (Fsp3) is 0.104. The minimum atomic E-state index is 0.876. The van der Waals surface area contributed by atoms with Crippen LogP contribution in [0.15, 0.2) is 213 Å². The third-order valence-corrected chi connectivity index (χ3v) is 13.9. The third-order valence-electron chi connectivity index (χ3n) is 13.9. The van der Waals surface area contributed by atoms with Gasteiger partial charge in [-0.1, -0.05) is 191 Å². The Morgan fingerprint density at radius 3 is 0.972 bits per heavy atom. The minimum absolute atomic E-state index is 0.876. The molecule has 0 amide bonds. The van der Waals surface area contributed by atoms with Gasteiger partial charge in [0.2, 0.25) is 0 Å². The molecule has 0 saturated heterocycles. The lowest BCUT2D eigenvalue weighted by molar-refractivity contribution is 1.22. The Morgan fingerprint density at radius 1 is 0.268 bits per heavy atom. The van der Waals surface area contributed by atoms with Crippen LogP contribution < -0.4 is 9.80 Å². The smallest absolute Gasteiger partial charge is 0.145 e. The van der Waals surface area contributed by atoms with Crippen molar-refractivity contribution in [3.05, 3.63) is 229 Å². The first-order valence-corrected chi connectivity index (χ1v) is 25.1. The van der Waals surface area contributed by atoms with E-state index in [9.17, 15) is 0 Å². The predicted molar refractivity (Wildman–Crippen MR) is 308 cm³/mol. The zero-order valence-corrected chi connectivity index (χ0v) is 41.5. The van der Waals surface area contributed by atoms with Crippen LogP contribution in [0.25, 0.3) is 86.2 Å². The summed E-state index contributed by atoms with van der Waals surface area (Å²) in [5, 5.41) is 18.2. The molecule has 4 nitrogen and oxygen atoms in total. The van der Waals surface area contributed by atoms with Gasteiger partial charge in [-0.2, -0.15) is 0 Å². The molecule has 4 heteroatoms. The van der Waals surface area contributed by atoms with Crippen molar-refractivity contribution in [2.45, 2.75) is 48.5 Å². The Bertz CT molecular complexity index is 4050. The quantitative estimate of drug-likeness (QED) is 0.123. The van der Waals surface area contributed by atoms with Crippen LogP contribution in [0.5, 0.6) is 0 Å². The molecule has 13 aromatic rings. The Labute approximate surface area is 416 Å². The van der Waals surface area contributed by atoms with E-state index in [1.807, 2.05) is 40.1 Å². The van der Waals surface area contributed by atoms with Crippen molar-refractivity contribution < 1.29 is 0 Å². The molecule has 344 valence electrons. The molecular weight excluding hydrogens is 861 g/mol. The molecule has 0 N–H and O–H groups in total. The molecule has 0 aliphatic heterocycles. The van der Waals surface area contributed by atoms with Crippen LogP contribution in [0, 0.1) is 20.8 Å². The molecule has 13 rings (SSSR count). The maximum absolute atomic E-state index is 5.41. The van der Waals surface area contributed by atoms with Crippen molar-refractivity contribution in [2.24, 2.45) is 0 Å². The first-order valence-electron chi connectivity index (χ1n) is 25.1. The van der Waals surface area contributed by atoms with Gasteiger partial charge in [0.1, 0.15) is 11.6 Å². The average Bonchev–Trinajstić information content (AvgIpc) is 3.42. The summed E-state index contributed by atoms with van der Waals surface area (Å²) in [5.74, 6) is 1.75. The van der Waals surface area contributed by atoms with Crippen molar-refractivity contribution in [3.8, 4) is 0 Å². The average molecular weight is 917 g/mol. The second-order valence-corrected chi connectivity index (χ2v) is 17.9. The van der Waals surface area contributed by atoms with E-state index in [1.54, 1.807) is 0 Å². The van der Waals surface area contributed by atoms with Gasteiger partial charge in [0.25, 0.3) is 0 Å². The van der Waals surface area contributed by atoms with Gasteiger partial charge in [-0.15, -0.1) is 0 Å². The molecule has 2 heterocycles. The van der Waals surface area contributed by atoms with Gasteiger partial charge in [0.15, 0.2) is 0 Å².